The number of ether oxygens (including phenoxy) is 1. The normalized spacial score (nSPS) is 15.4. The van der Waals surface area contributed by atoms with E-state index in [2.05, 4.69) is 37.0 Å². The molecule has 1 aliphatic rings. The molecule has 1 N–H and O–H groups in total. The van der Waals surface area contributed by atoms with Gasteiger partial charge in [-0.15, -0.1) is 0 Å². The molecular weight excluding hydrogens is 478 g/mol. The Hall–Kier alpha value is -3.44. The van der Waals surface area contributed by atoms with Crippen LogP contribution in [-0.4, -0.2) is 63.8 Å². The molecule has 3 aromatic heterocycles. The summed E-state index contributed by atoms with van der Waals surface area (Å²) in [5, 5.41) is 8.41. The number of nitrogens with zero attached hydrogens (tertiary/aromatic N) is 6. The van der Waals surface area contributed by atoms with Gasteiger partial charge in [0.2, 0.25) is 21.9 Å². The van der Waals surface area contributed by atoms with E-state index in [-0.39, 0.29) is 17.3 Å². The molecule has 1 aromatic carbocycles. The summed E-state index contributed by atoms with van der Waals surface area (Å²) in [5.41, 5.74) is 2.74. The van der Waals surface area contributed by atoms with Crippen molar-refractivity contribution >= 4 is 32.7 Å². The molecule has 0 saturated carbocycles. The van der Waals surface area contributed by atoms with Crippen LogP contribution >= 0.6 is 0 Å². The molecule has 10 nitrogen and oxygen atoms in total. The first-order chi connectivity index (χ1) is 17.4. The number of fused-ring (bicyclic) bond motifs is 1. The van der Waals surface area contributed by atoms with Crippen LogP contribution in [0.3, 0.4) is 0 Å². The molecule has 0 unspecified atom stereocenters. The molecule has 11 heteroatoms. The third-order valence-corrected chi connectivity index (χ3v) is 8.17. The minimum atomic E-state index is -3.72. The molecule has 0 aliphatic carbocycles. The highest BCUT2D eigenvalue weighted by atomic mass is 32.2. The van der Waals surface area contributed by atoms with Crippen LogP contribution in [-0.2, 0) is 15.8 Å². The lowest BCUT2D eigenvalue weighted by atomic mass is 10.1. The lowest BCUT2D eigenvalue weighted by Crippen LogP contribution is -2.32. The number of benzene rings is 1. The number of hydrogen-bond acceptors (Lipinski definition) is 8. The monoisotopic (exact) mass is 509 g/mol. The maximum absolute atomic E-state index is 13.3. The third-order valence-electron chi connectivity index (χ3n) is 6.57. The van der Waals surface area contributed by atoms with Gasteiger partial charge in [-0.25, -0.2) is 12.4 Å². The predicted octanol–water partition coefficient (Wildman–Crippen LogP) is 3.72. The Kier molecular flexibility index (Phi) is 6.67. The van der Waals surface area contributed by atoms with Gasteiger partial charge in [0, 0.05) is 6.20 Å². The van der Waals surface area contributed by atoms with Crippen molar-refractivity contribution in [2.75, 3.05) is 32.1 Å². The minimum Gasteiger partial charge on any atom is -0.477 e. The first kappa shape index (κ1) is 24.3. The highest BCUT2D eigenvalue weighted by Crippen LogP contribution is 2.30. The molecule has 1 saturated heterocycles. The Balaban J connectivity index is 1.48. The maximum atomic E-state index is 13.3. The lowest BCUT2D eigenvalue weighted by Gasteiger charge is -2.29. The smallest absolute Gasteiger partial charge is 0.244 e. The maximum Gasteiger partial charge on any atom is 0.244 e. The Labute approximate surface area is 211 Å². The molecule has 0 radical (unpaired) electrons. The Morgan fingerprint density at radius 2 is 1.86 bits per heavy atom. The number of piperidine rings is 1. The Morgan fingerprint density at radius 3 is 2.58 bits per heavy atom. The summed E-state index contributed by atoms with van der Waals surface area (Å²) in [6.07, 6.45) is 5.37. The summed E-state index contributed by atoms with van der Waals surface area (Å²) in [7, 11) is -1.58. The van der Waals surface area contributed by atoms with Gasteiger partial charge < -0.3 is 15.0 Å². The third kappa shape index (κ3) is 4.80. The summed E-state index contributed by atoms with van der Waals surface area (Å²) in [5.74, 6) is 0.447. The van der Waals surface area contributed by atoms with Crippen LogP contribution in [0.1, 0.15) is 37.1 Å². The zero-order valence-electron chi connectivity index (χ0n) is 20.8. The molecule has 0 amide bonds. The van der Waals surface area contributed by atoms with E-state index in [4.69, 9.17) is 4.74 Å². The van der Waals surface area contributed by atoms with E-state index in [0.29, 0.717) is 29.5 Å². The Morgan fingerprint density at radius 1 is 1.11 bits per heavy atom. The number of nitrogens with one attached hydrogen (secondary N) is 1. The molecule has 36 heavy (non-hydrogen) atoms. The van der Waals surface area contributed by atoms with Crippen LogP contribution in [0.4, 0.5) is 11.6 Å². The molecule has 0 spiro atoms. The molecule has 4 heterocycles. The second-order valence-corrected chi connectivity index (χ2v) is 11.0. The SMILES string of the molecule is CCOc1nc(Nc2cnn(C3CCN(C)CC3)c2C)nc2c1ccn2S(=O)(=O)Cc1ccccc1. The van der Waals surface area contributed by atoms with Crippen LogP contribution in [0.2, 0.25) is 0 Å². The predicted molar refractivity (Wildman–Crippen MR) is 139 cm³/mol. The lowest BCUT2D eigenvalue weighted by molar-refractivity contribution is 0.210. The summed E-state index contributed by atoms with van der Waals surface area (Å²) >= 11 is 0. The van der Waals surface area contributed by atoms with Crippen LogP contribution in [0.5, 0.6) is 5.88 Å². The van der Waals surface area contributed by atoms with Gasteiger partial charge in [0.1, 0.15) is 0 Å². The number of rotatable bonds is 8. The van der Waals surface area contributed by atoms with Crippen LogP contribution in [0.25, 0.3) is 11.0 Å². The molecule has 190 valence electrons. The fraction of sp³-hybridized carbons (Fsp3) is 0.400. The van der Waals surface area contributed by atoms with Crippen molar-refractivity contribution in [2.45, 2.75) is 38.5 Å². The van der Waals surface area contributed by atoms with Crippen LogP contribution in [0, 0.1) is 6.92 Å². The number of aromatic nitrogens is 5. The average molecular weight is 510 g/mol. The largest absolute Gasteiger partial charge is 0.477 e. The summed E-state index contributed by atoms with van der Waals surface area (Å²) in [6, 6.07) is 11.1. The van der Waals surface area contributed by atoms with Crippen molar-refractivity contribution < 1.29 is 13.2 Å². The summed E-state index contributed by atoms with van der Waals surface area (Å²) in [6.45, 7) is 6.35. The molecular formula is C25H31N7O3S. The molecule has 4 aromatic rings. The van der Waals surface area contributed by atoms with Crippen molar-refractivity contribution in [3.63, 3.8) is 0 Å². The standard InChI is InChI=1S/C25H31N7O3S/c1-4-35-24-21-12-15-31(36(33,34)17-19-8-6-5-7-9-19)23(21)28-25(29-24)27-22-16-26-32(18(22)2)20-10-13-30(3)14-11-20/h5-9,12,15-16,20H,4,10-11,13-14,17H2,1-3H3,(H,27,28,29). The van der Waals surface area contributed by atoms with E-state index >= 15 is 0 Å². The first-order valence-electron chi connectivity index (χ1n) is 12.1. The van der Waals surface area contributed by atoms with E-state index in [0.717, 1.165) is 37.3 Å². The van der Waals surface area contributed by atoms with E-state index in [1.807, 2.05) is 32.0 Å². The minimum absolute atomic E-state index is 0.142. The van der Waals surface area contributed by atoms with Crippen LogP contribution in [0.15, 0.2) is 48.8 Å². The fourth-order valence-corrected chi connectivity index (χ4v) is 6.02. The van der Waals surface area contributed by atoms with Crippen molar-refractivity contribution in [3.05, 3.63) is 60.0 Å². The van der Waals surface area contributed by atoms with Gasteiger partial charge >= 0.3 is 0 Å². The van der Waals surface area contributed by atoms with E-state index < -0.39 is 10.0 Å². The first-order valence-corrected chi connectivity index (χ1v) is 13.8. The van der Waals surface area contributed by atoms with Crippen molar-refractivity contribution in [1.29, 1.82) is 0 Å². The Bertz CT molecular complexity index is 1460. The topological polar surface area (TPSA) is 107 Å². The number of hydrogen-bond donors (Lipinski definition) is 1. The van der Waals surface area contributed by atoms with E-state index in [9.17, 15) is 8.42 Å². The second kappa shape index (κ2) is 9.90. The fourth-order valence-electron chi connectivity index (χ4n) is 4.62. The zero-order valence-corrected chi connectivity index (χ0v) is 21.6. The molecule has 5 rings (SSSR count). The summed E-state index contributed by atoms with van der Waals surface area (Å²) in [4.78, 5) is 11.5. The number of anilines is 2. The number of likely N-dealkylation sites (tertiary alicyclic amines) is 1. The molecule has 1 aliphatic heterocycles. The zero-order chi connectivity index (χ0) is 25.3. The van der Waals surface area contributed by atoms with Gasteiger partial charge in [-0.05, 0) is 58.5 Å². The van der Waals surface area contributed by atoms with Gasteiger partial charge in [-0.1, -0.05) is 30.3 Å². The molecule has 0 atom stereocenters. The molecule has 0 bridgehead atoms. The van der Waals surface area contributed by atoms with E-state index in [1.165, 1.54) is 10.2 Å². The van der Waals surface area contributed by atoms with Gasteiger partial charge in [0.25, 0.3) is 0 Å². The second-order valence-electron chi connectivity index (χ2n) is 9.12. The highest BCUT2D eigenvalue weighted by molar-refractivity contribution is 7.89. The van der Waals surface area contributed by atoms with Crippen molar-refractivity contribution in [2.24, 2.45) is 0 Å². The van der Waals surface area contributed by atoms with Crippen molar-refractivity contribution in [1.82, 2.24) is 28.6 Å². The van der Waals surface area contributed by atoms with Gasteiger partial charge in [0.05, 0.1) is 41.4 Å². The van der Waals surface area contributed by atoms with Crippen molar-refractivity contribution in [3.8, 4) is 5.88 Å². The molecule has 1 fully saturated rings. The van der Waals surface area contributed by atoms with E-state index in [1.54, 1.807) is 24.4 Å². The summed E-state index contributed by atoms with van der Waals surface area (Å²) < 4.78 is 35.6. The average Bonchev–Trinajstić information content (AvgIpc) is 3.45. The van der Waals surface area contributed by atoms with Crippen LogP contribution < -0.4 is 10.1 Å². The van der Waals surface area contributed by atoms with Gasteiger partial charge in [-0.2, -0.15) is 15.1 Å². The van der Waals surface area contributed by atoms with Gasteiger partial charge in [0.15, 0.2) is 5.65 Å². The highest BCUT2D eigenvalue weighted by Gasteiger charge is 2.24. The quantitative estimate of drug-likeness (QED) is 0.383. The van der Waals surface area contributed by atoms with Gasteiger partial charge in [-0.3, -0.25) is 4.68 Å².